The highest BCUT2D eigenvalue weighted by atomic mass is 16.5. The summed E-state index contributed by atoms with van der Waals surface area (Å²) in [5.41, 5.74) is 0. The highest BCUT2D eigenvalue weighted by Crippen LogP contribution is 2.27. The standard InChI is InChI=1S/C14H25NO3/c1-10(16)7-13-5-3-4-6-15(13)14(17)12-8-11(2)18-9-12/h10-13,16H,3-9H2,1-2H3. The van der Waals surface area contributed by atoms with Gasteiger partial charge in [-0.25, -0.2) is 0 Å². The SMILES string of the molecule is CC(O)CC1CCCCN1C(=O)C1COC(C)C1. The molecule has 2 aliphatic heterocycles. The second-order valence-electron chi connectivity index (χ2n) is 5.84. The van der Waals surface area contributed by atoms with Crippen molar-refractivity contribution in [3.8, 4) is 0 Å². The second kappa shape index (κ2) is 6.02. The summed E-state index contributed by atoms with van der Waals surface area (Å²) in [5, 5.41) is 9.55. The lowest BCUT2D eigenvalue weighted by Crippen LogP contribution is -2.47. The molecule has 2 saturated heterocycles. The van der Waals surface area contributed by atoms with Crippen LogP contribution in [0, 0.1) is 5.92 Å². The molecule has 4 heteroatoms. The molecule has 0 saturated carbocycles. The third-order valence-corrected chi connectivity index (χ3v) is 4.07. The van der Waals surface area contributed by atoms with Gasteiger partial charge < -0.3 is 14.7 Å². The van der Waals surface area contributed by atoms with Gasteiger partial charge in [-0.2, -0.15) is 0 Å². The number of piperidine rings is 1. The molecule has 0 aromatic rings. The molecule has 2 fully saturated rings. The van der Waals surface area contributed by atoms with Crippen molar-refractivity contribution >= 4 is 5.91 Å². The largest absolute Gasteiger partial charge is 0.393 e. The van der Waals surface area contributed by atoms with Crippen molar-refractivity contribution in [3.05, 3.63) is 0 Å². The first kappa shape index (κ1) is 13.8. The van der Waals surface area contributed by atoms with Crippen molar-refractivity contribution < 1.29 is 14.6 Å². The molecule has 4 nitrogen and oxygen atoms in total. The van der Waals surface area contributed by atoms with E-state index in [9.17, 15) is 9.90 Å². The van der Waals surface area contributed by atoms with Gasteiger partial charge in [0.05, 0.1) is 24.7 Å². The van der Waals surface area contributed by atoms with Gasteiger partial charge >= 0.3 is 0 Å². The number of hydrogen-bond donors (Lipinski definition) is 1. The van der Waals surface area contributed by atoms with Crippen LogP contribution in [0.15, 0.2) is 0 Å². The topological polar surface area (TPSA) is 49.8 Å². The molecule has 2 aliphatic rings. The average molecular weight is 255 g/mol. The minimum atomic E-state index is -0.331. The summed E-state index contributed by atoms with van der Waals surface area (Å²) in [4.78, 5) is 14.5. The Balaban J connectivity index is 1.97. The molecule has 18 heavy (non-hydrogen) atoms. The molecule has 4 atom stereocenters. The van der Waals surface area contributed by atoms with Gasteiger partial charge in [-0.15, -0.1) is 0 Å². The maximum absolute atomic E-state index is 12.5. The van der Waals surface area contributed by atoms with Crippen LogP contribution in [-0.4, -0.2) is 47.3 Å². The Morgan fingerprint density at radius 3 is 2.89 bits per heavy atom. The fraction of sp³-hybridized carbons (Fsp3) is 0.929. The Bertz CT molecular complexity index is 293. The highest BCUT2D eigenvalue weighted by Gasteiger charge is 2.35. The van der Waals surface area contributed by atoms with E-state index >= 15 is 0 Å². The molecule has 1 N–H and O–H groups in total. The van der Waals surface area contributed by atoms with E-state index in [4.69, 9.17) is 4.74 Å². The van der Waals surface area contributed by atoms with Gasteiger partial charge in [-0.3, -0.25) is 4.79 Å². The van der Waals surface area contributed by atoms with Crippen molar-refractivity contribution in [3.63, 3.8) is 0 Å². The zero-order valence-corrected chi connectivity index (χ0v) is 11.5. The van der Waals surface area contributed by atoms with Gasteiger partial charge in [0.25, 0.3) is 0 Å². The monoisotopic (exact) mass is 255 g/mol. The number of aliphatic hydroxyl groups is 1. The van der Waals surface area contributed by atoms with Crippen molar-refractivity contribution in [2.45, 2.75) is 64.2 Å². The molecule has 0 bridgehead atoms. The predicted molar refractivity (Wildman–Crippen MR) is 69.2 cm³/mol. The van der Waals surface area contributed by atoms with Gasteiger partial charge in [0.2, 0.25) is 5.91 Å². The predicted octanol–water partition coefficient (Wildman–Crippen LogP) is 1.56. The quantitative estimate of drug-likeness (QED) is 0.832. The summed E-state index contributed by atoms with van der Waals surface area (Å²) in [6, 6.07) is 0.224. The summed E-state index contributed by atoms with van der Waals surface area (Å²) >= 11 is 0. The maximum Gasteiger partial charge on any atom is 0.228 e. The molecule has 0 aromatic heterocycles. The molecule has 1 amide bonds. The minimum Gasteiger partial charge on any atom is -0.393 e. The van der Waals surface area contributed by atoms with E-state index in [2.05, 4.69) is 0 Å². The number of ether oxygens (including phenoxy) is 1. The smallest absolute Gasteiger partial charge is 0.228 e. The lowest BCUT2D eigenvalue weighted by atomic mass is 9.94. The molecule has 2 heterocycles. The van der Waals surface area contributed by atoms with E-state index in [0.29, 0.717) is 13.0 Å². The summed E-state index contributed by atoms with van der Waals surface area (Å²) in [7, 11) is 0. The van der Waals surface area contributed by atoms with E-state index in [0.717, 1.165) is 25.8 Å². The first-order valence-electron chi connectivity index (χ1n) is 7.18. The van der Waals surface area contributed by atoms with E-state index in [1.165, 1.54) is 6.42 Å². The van der Waals surface area contributed by atoms with Gasteiger partial charge in [-0.05, 0) is 46.0 Å². The van der Waals surface area contributed by atoms with Crippen LogP contribution in [0.25, 0.3) is 0 Å². The summed E-state index contributed by atoms with van der Waals surface area (Å²) in [6.45, 7) is 5.24. The van der Waals surface area contributed by atoms with Crippen molar-refractivity contribution in [2.24, 2.45) is 5.92 Å². The van der Waals surface area contributed by atoms with Crippen LogP contribution < -0.4 is 0 Å². The number of carbonyl (C=O) groups excluding carboxylic acids is 1. The maximum atomic E-state index is 12.5. The summed E-state index contributed by atoms with van der Waals surface area (Å²) in [5.74, 6) is 0.277. The lowest BCUT2D eigenvalue weighted by Gasteiger charge is -2.37. The number of rotatable bonds is 3. The van der Waals surface area contributed by atoms with Crippen LogP contribution in [0.5, 0.6) is 0 Å². The summed E-state index contributed by atoms with van der Waals surface area (Å²) in [6.07, 6.45) is 4.70. The first-order chi connectivity index (χ1) is 8.58. The fourth-order valence-electron chi connectivity index (χ4n) is 3.15. The van der Waals surface area contributed by atoms with E-state index < -0.39 is 0 Å². The number of amides is 1. The number of carbonyl (C=O) groups is 1. The molecule has 0 spiro atoms. The van der Waals surface area contributed by atoms with Crippen molar-refractivity contribution in [1.29, 1.82) is 0 Å². The third kappa shape index (κ3) is 3.23. The Kier molecular flexibility index (Phi) is 4.62. The molecule has 104 valence electrons. The summed E-state index contributed by atoms with van der Waals surface area (Å²) < 4.78 is 5.50. The lowest BCUT2D eigenvalue weighted by molar-refractivity contribution is -0.139. The average Bonchev–Trinajstić information content (AvgIpc) is 2.75. The molecular weight excluding hydrogens is 230 g/mol. The van der Waals surface area contributed by atoms with Gasteiger partial charge in [0.1, 0.15) is 0 Å². The zero-order chi connectivity index (χ0) is 13.1. The first-order valence-corrected chi connectivity index (χ1v) is 7.18. The van der Waals surface area contributed by atoms with Crippen LogP contribution in [0.4, 0.5) is 0 Å². The molecule has 0 aromatic carbocycles. The zero-order valence-electron chi connectivity index (χ0n) is 11.5. The van der Waals surface area contributed by atoms with Gasteiger partial charge in [0.15, 0.2) is 0 Å². The van der Waals surface area contributed by atoms with Crippen LogP contribution in [0.1, 0.15) is 46.0 Å². The Morgan fingerprint density at radius 2 is 2.28 bits per heavy atom. The van der Waals surface area contributed by atoms with Crippen LogP contribution in [-0.2, 0) is 9.53 Å². The fourth-order valence-corrected chi connectivity index (χ4v) is 3.15. The Labute approximate surface area is 109 Å². The number of hydrogen-bond acceptors (Lipinski definition) is 3. The van der Waals surface area contributed by atoms with Crippen LogP contribution in [0.3, 0.4) is 0 Å². The molecule has 4 unspecified atom stereocenters. The van der Waals surface area contributed by atoms with Gasteiger partial charge in [0, 0.05) is 12.6 Å². The van der Waals surface area contributed by atoms with Gasteiger partial charge in [-0.1, -0.05) is 0 Å². The molecule has 0 aliphatic carbocycles. The number of aliphatic hydroxyl groups excluding tert-OH is 1. The number of likely N-dealkylation sites (tertiary alicyclic amines) is 1. The molecule has 2 rings (SSSR count). The molecule has 0 radical (unpaired) electrons. The normalized spacial score (nSPS) is 34.6. The van der Waals surface area contributed by atoms with Crippen molar-refractivity contribution in [1.82, 2.24) is 4.90 Å². The highest BCUT2D eigenvalue weighted by molar-refractivity contribution is 5.79. The third-order valence-electron chi connectivity index (χ3n) is 4.07. The Hall–Kier alpha value is -0.610. The van der Waals surface area contributed by atoms with E-state index in [-0.39, 0.29) is 30.1 Å². The number of nitrogens with zero attached hydrogens (tertiary/aromatic N) is 1. The van der Waals surface area contributed by atoms with Crippen LogP contribution >= 0.6 is 0 Å². The van der Waals surface area contributed by atoms with E-state index in [1.807, 2.05) is 11.8 Å². The van der Waals surface area contributed by atoms with Crippen LogP contribution in [0.2, 0.25) is 0 Å². The minimum absolute atomic E-state index is 0.0367. The Morgan fingerprint density at radius 1 is 1.50 bits per heavy atom. The molecular formula is C14H25NO3. The van der Waals surface area contributed by atoms with E-state index in [1.54, 1.807) is 6.92 Å². The van der Waals surface area contributed by atoms with Crippen molar-refractivity contribution in [2.75, 3.05) is 13.2 Å². The second-order valence-corrected chi connectivity index (χ2v) is 5.84.